The van der Waals surface area contributed by atoms with Crippen LogP contribution in [0.2, 0.25) is 5.02 Å². The van der Waals surface area contributed by atoms with Crippen LogP contribution in [0.3, 0.4) is 0 Å². The lowest BCUT2D eigenvalue weighted by molar-refractivity contribution is 0.202. The van der Waals surface area contributed by atoms with Crippen molar-refractivity contribution in [2.75, 3.05) is 19.5 Å². The van der Waals surface area contributed by atoms with Gasteiger partial charge < -0.3 is 10.5 Å². The molecule has 0 radical (unpaired) electrons. The molecule has 1 aromatic rings. The van der Waals surface area contributed by atoms with Gasteiger partial charge in [-0.2, -0.15) is 0 Å². The zero-order valence-electron chi connectivity index (χ0n) is 8.70. The highest BCUT2D eigenvalue weighted by atomic mass is 35.5. The fourth-order valence-electron chi connectivity index (χ4n) is 1.19. The van der Waals surface area contributed by atoms with Crippen molar-refractivity contribution in [2.24, 2.45) is 0 Å². The number of methoxy groups -OCH3 is 1. The Labute approximate surface area is 97.0 Å². The number of halogens is 1. The Hall–Kier alpha value is -0.580. The molecule has 0 aliphatic rings. The summed E-state index contributed by atoms with van der Waals surface area (Å²) in [5.41, 5.74) is 6.12. The molecular weight excluding hydrogens is 234 g/mol. The molecule has 0 fully saturated rings. The summed E-state index contributed by atoms with van der Waals surface area (Å²) >= 11 is 5.95. The van der Waals surface area contributed by atoms with Crippen molar-refractivity contribution in [1.82, 2.24) is 0 Å². The van der Waals surface area contributed by atoms with Gasteiger partial charge in [-0.25, -0.2) is 0 Å². The zero-order valence-corrected chi connectivity index (χ0v) is 10.3. The first-order valence-corrected chi connectivity index (χ1v) is 6.10. The lowest BCUT2D eigenvalue weighted by Gasteiger charge is -2.11. The molecule has 0 spiro atoms. The van der Waals surface area contributed by atoms with Gasteiger partial charge in [0.15, 0.2) is 0 Å². The molecule has 2 unspecified atom stereocenters. The normalized spacial score (nSPS) is 14.9. The van der Waals surface area contributed by atoms with Gasteiger partial charge in [-0.1, -0.05) is 11.6 Å². The molecule has 0 saturated heterocycles. The standard InChI is InChI=1S/C10H14ClNO2S/c1-7(6-14-2)15(13)10-4-3-8(12)5-9(10)11/h3-5,7H,6,12H2,1-2H3. The molecule has 2 atom stereocenters. The summed E-state index contributed by atoms with van der Waals surface area (Å²) in [5, 5.41) is 0.354. The summed E-state index contributed by atoms with van der Waals surface area (Å²) in [6.45, 7) is 2.29. The minimum absolute atomic E-state index is 0.0869. The first-order valence-electron chi connectivity index (χ1n) is 4.50. The average molecular weight is 248 g/mol. The van der Waals surface area contributed by atoms with Gasteiger partial charge in [-0.3, -0.25) is 4.21 Å². The number of ether oxygens (including phenoxy) is 1. The number of benzene rings is 1. The summed E-state index contributed by atoms with van der Waals surface area (Å²) in [7, 11) is 0.421. The van der Waals surface area contributed by atoms with Crippen LogP contribution in [0.25, 0.3) is 0 Å². The summed E-state index contributed by atoms with van der Waals surface area (Å²) in [6.07, 6.45) is 0. The van der Waals surface area contributed by atoms with E-state index < -0.39 is 10.8 Å². The van der Waals surface area contributed by atoms with E-state index in [1.165, 1.54) is 0 Å². The number of hydrogen-bond acceptors (Lipinski definition) is 3. The van der Waals surface area contributed by atoms with E-state index in [2.05, 4.69) is 0 Å². The van der Waals surface area contributed by atoms with Crippen molar-refractivity contribution in [3.63, 3.8) is 0 Å². The van der Waals surface area contributed by atoms with Crippen LogP contribution in [0.4, 0.5) is 5.69 Å². The molecule has 0 amide bonds. The van der Waals surface area contributed by atoms with E-state index in [0.29, 0.717) is 22.2 Å². The molecule has 84 valence electrons. The van der Waals surface area contributed by atoms with Crippen LogP contribution < -0.4 is 5.73 Å². The first kappa shape index (κ1) is 12.5. The van der Waals surface area contributed by atoms with E-state index in [4.69, 9.17) is 22.1 Å². The van der Waals surface area contributed by atoms with Crippen LogP contribution in [0, 0.1) is 0 Å². The van der Waals surface area contributed by atoms with Crippen LogP contribution in [0.5, 0.6) is 0 Å². The molecule has 0 aliphatic heterocycles. The van der Waals surface area contributed by atoms with E-state index in [1.807, 2.05) is 6.92 Å². The highest BCUT2D eigenvalue weighted by molar-refractivity contribution is 7.85. The van der Waals surface area contributed by atoms with Crippen molar-refractivity contribution in [1.29, 1.82) is 0 Å². The van der Waals surface area contributed by atoms with Crippen LogP contribution >= 0.6 is 11.6 Å². The molecule has 0 saturated carbocycles. The largest absolute Gasteiger partial charge is 0.399 e. The summed E-state index contributed by atoms with van der Waals surface area (Å²) in [6, 6.07) is 4.99. The Morgan fingerprint density at radius 3 is 2.80 bits per heavy atom. The Morgan fingerprint density at radius 1 is 1.60 bits per heavy atom. The molecule has 5 heteroatoms. The third-order valence-electron chi connectivity index (χ3n) is 1.94. The second-order valence-electron chi connectivity index (χ2n) is 3.25. The van der Waals surface area contributed by atoms with Gasteiger partial charge in [0.25, 0.3) is 0 Å². The predicted octanol–water partition coefficient (Wildman–Crippen LogP) is 2.06. The van der Waals surface area contributed by atoms with Crippen molar-refractivity contribution in [3.8, 4) is 0 Å². The van der Waals surface area contributed by atoms with E-state index in [0.717, 1.165) is 0 Å². The monoisotopic (exact) mass is 247 g/mol. The molecule has 3 nitrogen and oxygen atoms in total. The van der Waals surface area contributed by atoms with Gasteiger partial charge >= 0.3 is 0 Å². The maximum atomic E-state index is 12.0. The van der Waals surface area contributed by atoms with Gasteiger partial charge in [0.05, 0.1) is 32.6 Å². The second-order valence-corrected chi connectivity index (χ2v) is 5.50. The van der Waals surface area contributed by atoms with Crippen LogP contribution in [0.15, 0.2) is 23.1 Å². The van der Waals surface area contributed by atoms with Gasteiger partial charge in [0.2, 0.25) is 0 Å². The van der Waals surface area contributed by atoms with Crippen molar-refractivity contribution < 1.29 is 8.95 Å². The van der Waals surface area contributed by atoms with Gasteiger partial charge in [0, 0.05) is 12.8 Å². The number of nitrogen functional groups attached to an aromatic ring is 1. The SMILES string of the molecule is COCC(C)S(=O)c1ccc(N)cc1Cl. The van der Waals surface area contributed by atoms with Crippen LogP contribution in [-0.4, -0.2) is 23.2 Å². The minimum atomic E-state index is -1.16. The Kier molecular flexibility index (Phi) is 4.57. The highest BCUT2D eigenvalue weighted by Gasteiger charge is 2.15. The molecular formula is C10H14ClNO2S. The zero-order chi connectivity index (χ0) is 11.4. The fraction of sp³-hybridized carbons (Fsp3) is 0.400. The first-order chi connectivity index (χ1) is 7.06. The molecule has 0 heterocycles. The quantitative estimate of drug-likeness (QED) is 0.829. The molecule has 0 aromatic heterocycles. The second kappa shape index (κ2) is 5.49. The van der Waals surface area contributed by atoms with Crippen LogP contribution in [0.1, 0.15) is 6.92 Å². The van der Waals surface area contributed by atoms with Gasteiger partial charge in [-0.05, 0) is 25.1 Å². The highest BCUT2D eigenvalue weighted by Crippen LogP contribution is 2.24. The molecule has 1 rings (SSSR count). The number of hydrogen-bond donors (Lipinski definition) is 1. The van der Waals surface area contributed by atoms with Gasteiger partial charge in [0.1, 0.15) is 0 Å². The van der Waals surface area contributed by atoms with Crippen molar-refractivity contribution >= 4 is 28.1 Å². The molecule has 2 N–H and O–H groups in total. The summed E-state index contributed by atoms with van der Waals surface area (Å²) in [5.74, 6) is 0. The average Bonchev–Trinajstić information content (AvgIpc) is 2.17. The topological polar surface area (TPSA) is 52.3 Å². The maximum absolute atomic E-state index is 12.0. The van der Waals surface area contributed by atoms with Crippen molar-refractivity contribution in [2.45, 2.75) is 17.1 Å². The fourth-order valence-corrected chi connectivity index (χ4v) is 2.76. The summed E-state index contributed by atoms with van der Waals surface area (Å²) in [4.78, 5) is 0.607. The third kappa shape index (κ3) is 3.19. The number of rotatable bonds is 4. The van der Waals surface area contributed by atoms with E-state index in [1.54, 1.807) is 25.3 Å². The maximum Gasteiger partial charge on any atom is 0.0607 e. The minimum Gasteiger partial charge on any atom is -0.399 e. The lowest BCUT2D eigenvalue weighted by atomic mass is 10.3. The number of nitrogens with two attached hydrogens (primary N) is 1. The molecule has 15 heavy (non-hydrogen) atoms. The Balaban J connectivity index is 2.91. The molecule has 0 bridgehead atoms. The third-order valence-corrected chi connectivity index (χ3v) is 4.02. The Morgan fingerprint density at radius 2 is 2.27 bits per heavy atom. The lowest BCUT2D eigenvalue weighted by Crippen LogP contribution is -2.17. The van der Waals surface area contributed by atoms with Crippen LogP contribution in [-0.2, 0) is 15.5 Å². The van der Waals surface area contributed by atoms with E-state index in [9.17, 15) is 4.21 Å². The summed E-state index contributed by atoms with van der Waals surface area (Å²) < 4.78 is 16.9. The van der Waals surface area contributed by atoms with Gasteiger partial charge in [-0.15, -0.1) is 0 Å². The predicted molar refractivity (Wildman–Crippen MR) is 63.6 cm³/mol. The number of anilines is 1. The van der Waals surface area contributed by atoms with E-state index in [-0.39, 0.29) is 5.25 Å². The van der Waals surface area contributed by atoms with E-state index >= 15 is 0 Å². The Bertz CT molecular complexity index is 370. The molecule has 1 aromatic carbocycles. The smallest absolute Gasteiger partial charge is 0.0607 e. The molecule has 0 aliphatic carbocycles. The van der Waals surface area contributed by atoms with Crippen molar-refractivity contribution in [3.05, 3.63) is 23.2 Å².